The molecule has 2 aromatic rings. The van der Waals surface area contributed by atoms with Crippen molar-refractivity contribution in [1.82, 2.24) is 19.9 Å². The van der Waals surface area contributed by atoms with Gasteiger partial charge in [0.25, 0.3) is 5.91 Å². The lowest BCUT2D eigenvalue weighted by atomic mass is 10.2. The number of amides is 1. The van der Waals surface area contributed by atoms with Gasteiger partial charge in [0.05, 0.1) is 23.9 Å². The zero-order chi connectivity index (χ0) is 19.3. The number of hydrogen-bond acceptors (Lipinski definition) is 5. The van der Waals surface area contributed by atoms with Crippen molar-refractivity contribution in [2.75, 3.05) is 13.6 Å². The predicted octanol–water partition coefficient (Wildman–Crippen LogP) is 2.16. The van der Waals surface area contributed by atoms with E-state index in [9.17, 15) is 9.59 Å². The van der Waals surface area contributed by atoms with E-state index in [2.05, 4.69) is 10.3 Å². The number of ether oxygens (including phenoxy) is 1. The van der Waals surface area contributed by atoms with Gasteiger partial charge in [-0.2, -0.15) is 0 Å². The highest BCUT2D eigenvalue weighted by Gasteiger charge is 2.22. The third-order valence-corrected chi connectivity index (χ3v) is 3.76. The lowest BCUT2D eigenvalue weighted by Gasteiger charge is -2.15. The zero-order valence-corrected chi connectivity index (χ0v) is 15.5. The fourth-order valence-electron chi connectivity index (χ4n) is 2.48. The number of aromatic nitrogens is 3. The molecule has 0 aliphatic carbocycles. The molecule has 0 saturated carbocycles. The van der Waals surface area contributed by atoms with Crippen molar-refractivity contribution in [3.8, 4) is 11.4 Å². The molecular formula is C18H24N4O4. The zero-order valence-electron chi connectivity index (χ0n) is 15.5. The van der Waals surface area contributed by atoms with Gasteiger partial charge in [0.15, 0.2) is 5.69 Å². The van der Waals surface area contributed by atoms with E-state index in [1.54, 1.807) is 11.7 Å². The maximum Gasteiger partial charge on any atom is 0.305 e. The number of carboxylic acid groups (broad SMARTS) is 1. The molecule has 8 heteroatoms. The first-order chi connectivity index (χ1) is 12.3. The number of carbonyl (C=O) groups excluding carboxylic acids is 1. The van der Waals surface area contributed by atoms with Crippen LogP contribution in [0.4, 0.5) is 0 Å². The molecule has 0 saturated heterocycles. The van der Waals surface area contributed by atoms with Gasteiger partial charge in [0, 0.05) is 13.6 Å². The Hall–Kier alpha value is -2.90. The van der Waals surface area contributed by atoms with Crippen molar-refractivity contribution in [1.29, 1.82) is 0 Å². The number of hydrogen-bond donors (Lipinski definition) is 1. The maximum absolute atomic E-state index is 12.6. The van der Waals surface area contributed by atoms with E-state index in [1.807, 2.05) is 45.0 Å². The lowest BCUT2D eigenvalue weighted by Crippen LogP contribution is -2.30. The summed E-state index contributed by atoms with van der Waals surface area (Å²) >= 11 is 0. The molecule has 0 aliphatic rings. The molecule has 0 bridgehead atoms. The molecule has 1 N–H and O–H groups in total. The molecule has 1 aromatic carbocycles. The average Bonchev–Trinajstić information content (AvgIpc) is 3.02. The summed E-state index contributed by atoms with van der Waals surface area (Å²) in [4.78, 5) is 24.6. The fraction of sp³-hybridized carbons (Fsp3) is 0.444. The average molecular weight is 360 g/mol. The molecule has 8 nitrogen and oxygen atoms in total. The van der Waals surface area contributed by atoms with Gasteiger partial charge in [0.1, 0.15) is 5.75 Å². The van der Waals surface area contributed by atoms with Crippen molar-refractivity contribution in [2.45, 2.75) is 39.7 Å². The summed E-state index contributed by atoms with van der Waals surface area (Å²) in [5.41, 5.74) is 1.69. The molecule has 0 fully saturated rings. The lowest BCUT2D eigenvalue weighted by molar-refractivity contribution is -0.137. The first-order valence-corrected chi connectivity index (χ1v) is 8.52. The van der Waals surface area contributed by atoms with Crippen molar-refractivity contribution in [3.05, 3.63) is 35.7 Å². The second-order valence-corrected chi connectivity index (χ2v) is 6.18. The predicted molar refractivity (Wildman–Crippen MR) is 95.7 cm³/mol. The van der Waals surface area contributed by atoms with Crippen LogP contribution in [0.3, 0.4) is 0 Å². The Morgan fingerprint density at radius 3 is 2.46 bits per heavy atom. The normalized spacial score (nSPS) is 10.8. The molecule has 1 heterocycles. The van der Waals surface area contributed by atoms with E-state index in [0.717, 1.165) is 11.4 Å². The van der Waals surface area contributed by atoms with Crippen LogP contribution >= 0.6 is 0 Å². The molecule has 1 aromatic heterocycles. The fourth-order valence-corrected chi connectivity index (χ4v) is 2.48. The van der Waals surface area contributed by atoms with Gasteiger partial charge in [0.2, 0.25) is 0 Å². The highest BCUT2D eigenvalue weighted by Crippen LogP contribution is 2.19. The van der Waals surface area contributed by atoms with E-state index < -0.39 is 5.97 Å². The number of nitrogens with zero attached hydrogens (tertiary/aromatic N) is 4. The molecule has 140 valence electrons. The summed E-state index contributed by atoms with van der Waals surface area (Å²) in [6, 6.07) is 7.40. The highest BCUT2D eigenvalue weighted by molar-refractivity contribution is 5.93. The topological polar surface area (TPSA) is 97.5 Å². The molecule has 0 atom stereocenters. The Bertz CT molecular complexity index is 768. The van der Waals surface area contributed by atoms with Crippen molar-refractivity contribution in [2.24, 2.45) is 0 Å². The minimum absolute atomic E-state index is 0.0870. The number of benzene rings is 1. The number of rotatable bonds is 8. The second kappa shape index (κ2) is 8.46. The van der Waals surface area contributed by atoms with E-state index in [-0.39, 0.29) is 30.7 Å². The Morgan fingerprint density at radius 1 is 1.27 bits per heavy atom. The highest BCUT2D eigenvalue weighted by atomic mass is 16.5. The molecule has 2 rings (SSSR count). The number of aliphatic carboxylic acids is 1. The summed E-state index contributed by atoms with van der Waals surface area (Å²) in [5, 5.41) is 16.9. The molecule has 0 radical (unpaired) electrons. The van der Waals surface area contributed by atoms with Crippen molar-refractivity contribution >= 4 is 11.9 Å². The summed E-state index contributed by atoms with van der Waals surface area (Å²) in [6.07, 6.45) is 0.532. The number of carboxylic acids is 1. The monoisotopic (exact) mass is 360 g/mol. The van der Waals surface area contributed by atoms with Gasteiger partial charge in [-0.3, -0.25) is 9.59 Å². The number of carbonyl (C=O) groups is 2. The molecule has 0 aliphatic heterocycles. The maximum atomic E-state index is 12.6. The van der Waals surface area contributed by atoms with E-state index >= 15 is 0 Å². The van der Waals surface area contributed by atoms with Gasteiger partial charge in [-0.1, -0.05) is 12.1 Å². The Kier molecular flexibility index (Phi) is 6.32. The summed E-state index contributed by atoms with van der Waals surface area (Å²) < 4.78 is 7.25. The van der Waals surface area contributed by atoms with Crippen LogP contribution in [-0.4, -0.2) is 56.6 Å². The van der Waals surface area contributed by atoms with Crippen LogP contribution in [0.2, 0.25) is 0 Å². The van der Waals surface area contributed by atoms with Crippen LogP contribution in [0.1, 0.15) is 43.4 Å². The molecule has 26 heavy (non-hydrogen) atoms. The van der Waals surface area contributed by atoms with Crippen LogP contribution in [0, 0.1) is 0 Å². The van der Waals surface area contributed by atoms with Crippen LogP contribution in [-0.2, 0) is 11.2 Å². The summed E-state index contributed by atoms with van der Waals surface area (Å²) in [7, 11) is 1.56. The Morgan fingerprint density at radius 2 is 1.92 bits per heavy atom. The van der Waals surface area contributed by atoms with Gasteiger partial charge >= 0.3 is 5.97 Å². The van der Waals surface area contributed by atoms with Gasteiger partial charge in [-0.05, 0) is 44.5 Å². The van der Waals surface area contributed by atoms with Crippen LogP contribution < -0.4 is 4.74 Å². The van der Waals surface area contributed by atoms with E-state index in [1.165, 1.54) is 4.90 Å². The Labute approximate surface area is 152 Å². The second-order valence-electron chi connectivity index (χ2n) is 6.18. The van der Waals surface area contributed by atoms with Gasteiger partial charge < -0.3 is 14.7 Å². The SMILES string of the molecule is CCc1c(C(=O)N(C)CCC(=O)O)nnn1-c1ccc(OC(C)C)cc1. The molecular weight excluding hydrogens is 336 g/mol. The van der Waals surface area contributed by atoms with Crippen LogP contribution in [0.5, 0.6) is 5.75 Å². The van der Waals surface area contributed by atoms with Crippen LogP contribution in [0.25, 0.3) is 5.69 Å². The van der Waals surface area contributed by atoms with E-state index in [4.69, 9.17) is 9.84 Å². The van der Waals surface area contributed by atoms with Gasteiger partial charge in [-0.25, -0.2) is 4.68 Å². The summed E-state index contributed by atoms with van der Waals surface area (Å²) in [6.45, 7) is 5.95. The van der Waals surface area contributed by atoms with E-state index in [0.29, 0.717) is 12.1 Å². The molecule has 0 unspecified atom stereocenters. The minimum atomic E-state index is -0.951. The summed E-state index contributed by atoms with van der Waals surface area (Å²) in [5.74, 6) is -0.534. The Balaban J connectivity index is 2.24. The largest absolute Gasteiger partial charge is 0.491 e. The van der Waals surface area contributed by atoms with Crippen LogP contribution in [0.15, 0.2) is 24.3 Å². The third kappa shape index (κ3) is 4.59. The first kappa shape index (κ1) is 19.4. The molecule has 0 spiro atoms. The van der Waals surface area contributed by atoms with Crippen molar-refractivity contribution in [3.63, 3.8) is 0 Å². The van der Waals surface area contributed by atoms with Gasteiger partial charge in [-0.15, -0.1) is 5.10 Å². The first-order valence-electron chi connectivity index (χ1n) is 8.52. The minimum Gasteiger partial charge on any atom is -0.491 e. The smallest absolute Gasteiger partial charge is 0.305 e. The standard InChI is InChI=1S/C18H24N4O4/c1-5-15-17(18(25)21(4)11-10-16(23)24)19-20-22(15)13-6-8-14(9-7-13)26-12(2)3/h6-9,12H,5,10-11H2,1-4H3,(H,23,24). The quantitative estimate of drug-likeness (QED) is 0.775. The van der Waals surface area contributed by atoms with Crippen molar-refractivity contribution < 1.29 is 19.4 Å². The third-order valence-electron chi connectivity index (χ3n) is 3.76. The molecule has 1 amide bonds.